The molecule has 2 aromatic rings. The summed E-state index contributed by atoms with van der Waals surface area (Å²) in [5, 5.41) is 4.12. The number of hydrogen-bond acceptors (Lipinski definition) is 5. The summed E-state index contributed by atoms with van der Waals surface area (Å²) in [6.07, 6.45) is 2.61. The number of ether oxygens (including phenoxy) is 2. The van der Waals surface area contributed by atoms with Gasteiger partial charge in [0.05, 0.1) is 25.9 Å². The van der Waals surface area contributed by atoms with Crippen molar-refractivity contribution in [3.05, 3.63) is 64.6 Å². The van der Waals surface area contributed by atoms with E-state index in [2.05, 4.69) is 34.3 Å². The van der Waals surface area contributed by atoms with Gasteiger partial charge in [0.25, 0.3) is 5.56 Å². The average Bonchev–Trinajstić information content (AvgIpc) is 2.65. The van der Waals surface area contributed by atoms with Gasteiger partial charge in [0.1, 0.15) is 0 Å². The van der Waals surface area contributed by atoms with Gasteiger partial charge < -0.3 is 9.47 Å². The molecule has 134 valence electrons. The first-order valence-corrected chi connectivity index (χ1v) is 8.79. The van der Waals surface area contributed by atoms with Crippen molar-refractivity contribution in [1.82, 2.24) is 14.7 Å². The van der Waals surface area contributed by atoms with Crippen LogP contribution in [-0.2, 0) is 22.6 Å². The zero-order chi connectivity index (χ0) is 17.3. The lowest BCUT2D eigenvalue weighted by atomic mass is 10.2. The second kappa shape index (κ2) is 9.46. The molecule has 1 aliphatic heterocycles. The van der Waals surface area contributed by atoms with Crippen LogP contribution in [0.2, 0.25) is 0 Å². The summed E-state index contributed by atoms with van der Waals surface area (Å²) in [5.74, 6) is 0. The Hall–Kier alpha value is -2.02. The fraction of sp³-hybridized carbons (Fsp3) is 0.474. The molecule has 0 bridgehead atoms. The van der Waals surface area contributed by atoms with E-state index in [1.54, 1.807) is 18.3 Å². The van der Waals surface area contributed by atoms with Crippen LogP contribution in [-0.4, -0.2) is 53.7 Å². The van der Waals surface area contributed by atoms with Gasteiger partial charge in [-0.2, -0.15) is 5.10 Å². The lowest BCUT2D eigenvalue weighted by Gasteiger charge is -2.30. The molecular weight excluding hydrogens is 318 g/mol. The number of benzene rings is 1. The molecule has 2 heterocycles. The molecule has 1 unspecified atom stereocenters. The molecule has 0 radical (unpaired) electrons. The largest absolute Gasteiger partial charge is 0.376 e. The molecule has 25 heavy (non-hydrogen) atoms. The topological polar surface area (TPSA) is 56.6 Å². The Kier molecular flexibility index (Phi) is 6.73. The summed E-state index contributed by atoms with van der Waals surface area (Å²) in [6.45, 7) is 5.16. The molecule has 0 aliphatic carbocycles. The van der Waals surface area contributed by atoms with Gasteiger partial charge in [0.15, 0.2) is 0 Å². The molecule has 1 aromatic carbocycles. The number of nitrogens with zero attached hydrogens (tertiary/aromatic N) is 3. The van der Waals surface area contributed by atoms with Gasteiger partial charge in [-0.25, -0.2) is 4.68 Å². The smallest absolute Gasteiger partial charge is 0.266 e. The SMILES string of the molecule is O=c1cccnn1CCCN(Cc1ccccc1)CC1COCCO1. The minimum atomic E-state index is -0.0545. The van der Waals surface area contributed by atoms with Crippen LogP contribution in [0.5, 0.6) is 0 Å². The summed E-state index contributed by atoms with van der Waals surface area (Å²) in [7, 11) is 0. The Morgan fingerprint density at radius 1 is 1.16 bits per heavy atom. The quantitative estimate of drug-likeness (QED) is 0.728. The molecule has 1 aromatic heterocycles. The highest BCUT2D eigenvalue weighted by molar-refractivity contribution is 5.14. The van der Waals surface area contributed by atoms with Crippen LogP contribution in [0.15, 0.2) is 53.5 Å². The predicted octanol–water partition coefficient (Wildman–Crippen LogP) is 1.55. The van der Waals surface area contributed by atoms with Crippen LogP contribution >= 0.6 is 0 Å². The minimum absolute atomic E-state index is 0.0545. The monoisotopic (exact) mass is 343 g/mol. The third kappa shape index (κ3) is 5.77. The van der Waals surface area contributed by atoms with Crippen molar-refractivity contribution >= 4 is 0 Å². The van der Waals surface area contributed by atoms with Crippen LogP contribution in [0.1, 0.15) is 12.0 Å². The van der Waals surface area contributed by atoms with Crippen molar-refractivity contribution in [1.29, 1.82) is 0 Å². The number of rotatable bonds is 8. The van der Waals surface area contributed by atoms with Gasteiger partial charge in [-0.15, -0.1) is 0 Å². The van der Waals surface area contributed by atoms with Crippen molar-refractivity contribution in [2.24, 2.45) is 0 Å². The third-order valence-electron chi connectivity index (χ3n) is 4.23. The summed E-state index contributed by atoms with van der Waals surface area (Å²) < 4.78 is 12.8. The molecule has 0 saturated carbocycles. The molecule has 1 fully saturated rings. The van der Waals surface area contributed by atoms with Crippen molar-refractivity contribution in [3.8, 4) is 0 Å². The van der Waals surface area contributed by atoms with E-state index in [1.165, 1.54) is 10.2 Å². The Bertz CT molecular complexity index is 684. The second-order valence-electron chi connectivity index (χ2n) is 6.23. The molecule has 1 aliphatic rings. The first kappa shape index (κ1) is 17.8. The highest BCUT2D eigenvalue weighted by Crippen LogP contribution is 2.09. The molecule has 1 saturated heterocycles. The summed E-state index contributed by atoms with van der Waals surface area (Å²) in [4.78, 5) is 14.1. The molecule has 0 N–H and O–H groups in total. The lowest BCUT2D eigenvalue weighted by molar-refractivity contribution is -0.0983. The van der Waals surface area contributed by atoms with Crippen LogP contribution in [0, 0.1) is 0 Å². The zero-order valence-electron chi connectivity index (χ0n) is 14.4. The number of aryl methyl sites for hydroxylation is 1. The van der Waals surface area contributed by atoms with E-state index < -0.39 is 0 Å². The van der Waals surface area contributed by atoms with Gasteiger partial charge in [0, 0.05) is 38.4 Å². The van der Waals surface area contributed by atoms with Gasteiger partial charge in [-0.3, -0.25) is 9.69 Å². The molecule has 0 spiro atoms. The van der Waals surface area contributed by atoms with Crippen molar-refractivity contribution in [2.45, 2.75) is 25.6 Å². The van der Waals surface area contributed by atoms with Gasteiger partial charge in [-0.1, -0.05) is 30.3 Å². The highest BCUT2D eigenvalue weighted by Gasteiger charge is 2.18. The Labute approximate surface area is 148 Å². The number of aromatic nitrogens is 2. The van der Waals surface area contributed by atoms with E-state index in [4.69, 9.17) is 9.47 Å². The first-order chi connectivity index (χ1) is 12.3. The third-order valence-corrected chi connectivity index (χ3v) is 4.23. The van der Waals surface area contributed by atoms with Crippen molar-refractivity contribution < 1.29 is 9.47 Å². The van der Waals surface area contributed by atoms with Crippen LogP contribution in [0.4, 0.5) is 0 Å². The Morgan fingerprint density at radius 3 is 2.80 bits per heavy atom. The maximum absolute atomic E-state index is 11.8. The highest BCUT2D eigenvalue weighted by atomic mass is 16.6. The summed E-state index contributed by atoms with van der Waals surface area (Å²) >= 11 is 0. The molecular formula is C19H25N3O3. The van der Waals surface area contributed by atoms with Gasteiger partial charge >= 0.3 is 0 Å². The fourth-order valence-electron chi connectivity index (χ4n) is 3.01. The van der Waals surface area contributed by atoms with Crippen LogP contribution in [0.3, 0.4) is 0 Å². The van der Waals surface area contributed by atoms with Crippen molar-refractivity contribution in [3.63, 3.8) is 0 Å². The molecule has 0 amide bonds. The standard InChI is InChI=1S/C19H25N3O3/c23-19-8-4-9-20-22(19)11-5-10-21(14-17-6-2-1-3-7-17)15-18-16-24-12-13-25-18/h1-4,6-9,18H,5,10-16H2. The Morgan fingerprint density at radius 2 is 2.04 bits per heavy atom. The summed E-state index contributed by atoms with van der Waals surface area (Å²) in [6, 6.07) is 13.6. The van der Waals surface area contributed by atoms with Crippen LogP contribution in [0.25, 0.3) is 0 Å². The summed E-state index contributed by atoms with van der Waals surface area (Å²) in [5.41, 5.74) is 1.22. The molecule has 6 nitrogen and oxygen atoms in total. The minimum Gasteiger partial charge on any atom is -0.376 e. The number of hydrogen-bond donors (Lipinski definition) is 0. The average molecular weight is 343 g/mol. The lowest BCUT2D eigenvalue weighted by Crippen LogP contribution is -2.40. The molecule has 3 rings (SSSR count). The van der Waals surface area contributed by atoms with Crippen LogP contribution < -0.4 is 5.56 Å². The maximum Gasteiger partial charge on any atom is 0.266 e. The van der Waals surface area contributed by atoms with E-state index in [1.807, 2.05) is 6.07 Å². The van der Waals surface area contributed by atoms with Gasteiger partial charge in [0.2, 0.25) is 0 Å². The fourth-order valence-corrected chi connectivity index (χ4v) is 3.01. The van der Waals surface area contributed by atoms with Gasteiger partial charge in [-0.05, 0) is 18.1 Å². The Balaban J connectivity index is 1.57. The maximum atomic E-state index is 11.8. The first-order valence-electron chi connectivity index (χ1n) is 8.79. The predicted molar refractivity (Wildman–Crippen MR) is 95.4 cm³/mol. The van der Waals surface area contributed by atoms with E-state index >= 15 is 0 Å². The van der Waals surface area contributed by atoms with E-state index in [0.717, 1.165) is 26.1 Å². The normalized spacial score (nSPS) is 17.7. The zero-order valence-corrected chi connectivity index (χ0v) is 14.4. The van der Waals surface area contributed by atoms with E-state index in [9.17, 15) is 4.79 Å². The second-order valence-corrected chi connectivity index (χ2v) is 6.23. The van der Waals surface area contributed by atoms with Crippen molar-refractivity contribution in [2.75, 3.05) is 32.9 Å². The molecule has 6 heteroatoms. The molecule has 1 atom stereocenters. The van der Waals surface area contributed by atoms with E-state index in [-0.39, 0.29) is 11.7 Å². The van der Waals surface area contributed by atoms with E-state index in [0.29, 0.717) is 26.4 Å².